The summed E-state index contributed by atoms with van der Waals surface area (Å²) in [6.07, 6.45) is 79.5. The average molecular weight is 943 g/mol. The van der Waals surface area contributed by atoms with Crippen LogP contribution >= 0.6 is 0 Å². The third kappa shape index (κ3) is 55.7. The summed E-state index contributed by atoms with van der Waals surface area (Å²) in [4.78, 5) is 12.5. The van der Waals surface area contributed by atoms with Gasteiger partial charge in [-0.15, -0.1) is 0 Å². The summed E-state index contributed by atoms with van der Waals surface area (Å²) in [5, 5.41) is 23.2. The third-order valence-corrected chi connectivity index (χ3v) is 14.7. The lowest BCUT2D eigenvalue weighted by atomic mass is 10.0. The van der Waals surface area contributed by atoms with Crippen LogP contribution in [0.5, 0.6) is 0 Å². The molecule has 0 fully saturated rings. The molecule has 0 aliphatic heterocycles. The van der Waals surface area contributed by atoms with Crippen molar-refractivity contribution < 1.29 is 15.0 Å². The Bertz CT molecular complexity index is 978. The Morgan fingerprint density at radius 2 is 0.582 bits per heavy atom. The minimum atomic E-state index is -0.860. The van der Waals surface area contributed by atoms with E-state index >= 15 is 0 Å². The number of unbranched alkanes of at least 4 members (excludes halogenated alkanes) is 49. The molecule has 398 valence electrons. The molecule has 0 aliphatic rings. The van der Waals surface area contributed by atoms with E-state index in [1.54, 1.807) is 6.08 Å². The molecule has 3 N–H and O–H groups in total. The number of carbonyl (C=O) groups is 1. The smallest absolute Gasteiger partial charge is 0.220 e. The van der Waals surface area contributed by atoms with Gasteiger partial charge in [0, 0.05) is 6.42 Å². The highest BCUT2D eigenvalue weighted by Gasteiger charge is 2.18. The van der Waals surface area contributed by atoms with Gasteiger partial charge < -0.3 is 15.5 Å². The standard InChI is InChI=1S/C63H123NO3/c1-3-5-7-9-11-13-15-17-19-21-23-25-27-28-29-30-31-32-33-34-35-37-39-41-43-45-47-49-51-53-55-57-59-63(67)64-61(60-65)62(66)58-56-54-52-50-48-46-44-42-40-38-36-26-24-22-20-18-16-14-12-10-8-6-4-2/h48,50,56,58,61-62,65-66H,3-47,49,51-55,57,59-60H2,1-2H3,(H,64,67)/b50-48+,58-56+. The lowest BCUT2D eigenvalue weighted by Crippen LogP contribution is -2.45. The predicted molar refractivity (Wildman–Crippen MR) is 299 cm³/mol. The van der Waals surface area contributed by atoms with E-state index in [4.69, 9.17) is 0 Å². The van der Waals surface area contributed by atoms with Gasteiger partial charge in [0.25, 0.3) is 0 Å². The quantitative estimate of drug-likeness (QED) is 0.0420. The first-order valence-corrected chi connectivity index (χ1v) is 31.1. The predicted octanol–water partition coefficient (Wildman–Crippen LogP) is 20.7. The molecule has 0 heterocycles. The SMILES string of the molecule is CCCCCCCCCCCCCCCCCCC/C=C/CC/C=C/C(O)C(CO)NC(=O)CCCCCCCCCCCCCCCCCCCCCCCCCCCCCCCCCC. The fourth-order valence-electron chi connectivity index (χ4n) is 9.97. The molecule has 0 aliphatic carbocycles. The number of nitrogens with one attached hydrogen (secondary N) is 1. The Kier molecular flexibility index (Phi) is 58.2. The van der Waals surface area contributed by atoms with E-state index in [1.165, 1.54) is 302 Å². The van der Waals surface area contributed by atoms with Crippen LogP contribution in [0.15, 0.2) is 24.3 Å². The van der Waals surface area contributed by atoms with E-state index < -0.39 is 12.1 Å². The number of hydrogen-bond acceptors (Lipinski definition) is 3. The second-order valence-electron chi connectivity index (χ2n) is 21.5. The molecule has 0 rings (SSSR count). The molecular weight excluding hydrogens is 819 g/mol. The van der Waals surface area contributed by atoms with E-state index in [-0.39, 0.29) is 12.5 Å². The van der Waals surface area contributed by atoms with E-state index in [0.717, 1.165) is 32.1 Å². The topological polar surface area (TPSA) is 69.6 Å². The number of allylic oxidation sites excluding steroid dienone is 3. The minimum absolute atomic E-state index is 0.0654. The van der Waals surface area contributed by atoms with Crippen LogP contribution in [-0.2, 0) is 4.79 Å². The van der Waals surface area contributed by atoms with Crippen molar-refractivity contribution in [1.82, 2.24) is 5.32 Å². The largest absolute Gasteiger partial charge is 0.394 e. The van der Waals surface area contributed by atoms with Crippen LogP contribution in [0.3, 0.4) is 0 Å². The minimum Gasteiger partial charge on any atom is -0.394 e. The Morgan fingerprint density at radius 3 is 0.866 bits per heavy atom. The maximum Gasteiger partial charge on any atom is 0.220 e. The van der Waals surface area contributed by atoms with Crippen LogP contribution in [0.1, 0.15) is 354 Å². The molecule has 2 unspecified atom stereocenters. The first kappa shape index (κ1) is 65.9. The second kappa shape index (κ2) is 59.2. The van der Waals surface area contributed by atoms with Gasteiger partial charge in [0.1, 0.15) is 0 Å². The third-order valence-electron chi connectivity index (χ3n) is 14.7. The summed E-state index contributed by atoms with van der Waals surface area (Å²) in [5.41, 5.74) is 0. The van der Waals surface area contributed by atoms with E-state index in [1.807, 2.05) is 6.08 Å². The monoisotopic (exact) mass is 942 g/mol. The number of rotatable bonds is 58. The summed E-state index contributed by atoms with van der Waals surface area (Å²) in [6.45, 7) is 4.34. The van der Waals surface area contributed by atoms with Gasteiger partial charge in [-0.1, -0.05) is 340 Å². The van der Waals surface area contributed by atoms with E-state index in [0.29, 0.717) is 6.42 Å². The fourth-order valence-corrected chi connectivity index (χ4v) is 9.97. The maximum absolute atomic E-state index is 12.5. The van der Waals surface area contributed by atoms with Crippen LogP contribution in [0.25, 0.3) is 0 Å². The van der Waals surface area contributed by atoms with Crippen LogP contribution < -0.4 is 5.32 Å². The summed E-state index contributed by atoms with van der Waals surface area (Å²) < 4.78 is 0. The molecular formula is C63H123NO3. The molecule has 1 amide bonds. The molecule has 0 saturated carbocycles. The molecule has 0 aromatic carbocycles. The molecule has 0 aromatic rings. The van der Waals surface area contributed by atoms with E-state index in [2.05, 4.69) is 31.3 Å². The molecule has 0 saturated heterocycles. The van der Waals surface area contributed by atoms with Crippen LogP contribution in [0, 0.1) is 0 Å². The zero-order valence-electron chi connectivity index (χ0n) is 46.0. The van der Waals surface area contributed by atoms with Gasteiger partial charge in [0.15, 0.2) is 0 Å². The molecule has 0 spiro atoms. The summed E-state index contributed by atoms with van der Waals surface area (Å²) >= 11 is 0. The van der Waals surface area contributed by atoms with E-state index in [9.17, 15) is 15.0 Å². The first-order valence-electron chi connectivity index (χ1n) is 31.1. The van der Waals surface area contributed by atoms with Gasteiger partial charge in [0.2, 0.25) is 5.91 Å². The Balaban J connectivity index is 3.44. The van der Waals surface area contributed by atoms with Gasteiger partial charge in [-0.25, -0.2) is 0 Å². The first-order chi connectivity index (χ1) is 33.2. The highest BCUT2D eigenvalue weighted by atomic mass is 16.3. The molecule has 4 nitrogen and oxygen atoms in total. The van der Waals surface area contributed by atoms with Crippen molar-refractivity contribution in [2.24, 2.45) is 0 Å². The molecule has 67 heavy (non-hydrogen) atoms. The van der Waals surface area contributed by atoms with Crippen LogP contribution in [0.4, 0.5) is 0 Å². The molecule has 2 atom stereocenters. The lowest BCUT2D eigenvalue weighted by molar-refractivity contribution is -0.123. The van der Waals surface area contributed by atoms with Crippen molar-refractivity contribution >= 4 is 5.91 Å². The van der Waals surface area contributed by atoms with Crippen molar-refractivity contribution in [1.29, 1.82) is 0 Å². The van der Waals surface area contributed by atoms with Gasteiger partial charge in [0.05, 0.1) is 18.8 Å². The number of amides is 1. The zero-order chi connectivity index (χ0) is 48.5. The Hall–Kier alpha value is -1.13. The van der Waals surface area contributed by atoms with Crippen molar-refractivity contribution in [3.05, 3.63) is 24.3 Å². The fraction of sp³-hybridized carbons (Fsp3) is 0.921. The van der Waals surface area contributed by atoms with Gasteiger partial charge in [-0.2, -0.15) is 0 Å². The Labute approximate surface area is 421 Å². The molecule has 0 radical (unpaired) electrons. The normalized spacial score (nSPS) is 12.8. The number of aliphatic hydroxyl groups is 2. The number of carbonyl (C=O) groups excluding carboxylic acids is 1. The highest BCUT2D eigenvalue weighted by molar-refractivity contribution is 5.76. The van der Waals surface area contributed by atoms with Crippen LogP contribution in [0.2, 0.25) is 0 Å². The lowest BCUT2D eigenvalue weighted by Gasteiger charge is -2.19. The van der Waals surface area contributed by atoms with Gasteiger partial charge in [-0.05, 0) is 32.1 Å². The molecule has 0 aromatic heterocycles. The zero-order valence-corrected chi connectivity index (χ0v) is 46.0. The maximum atomic E-state index is 12.5. The van der Waals surface area contributed by atoms with Crippen molar-refractivity contribution in [3.8, 4) is 0 Å². The van der Waals surface area contributed by atoms with Crippen molar-refractivity contribution in [2.45, 2.75) is 366 Å². The van der Waals surface area contributed by atoms with Crippen molar-refractivity contribution in [3.63, 3.8) is 0 Å². The summed E-state index contributed by atoms with van der Waals surface area (Å²) in [7, 11) is 0. The molecule has 0 bridgehead atoms. The summed E-state index contributed by atoms with van der Waals surface area (Å²) in [5.74, 6) is -0.0654. The highest BCUT2D eigenvalue weighted by Crippen LogP contribution is 2.18. The van der Waals surface area contributed by atoms with Gasteiger partial charge >= 0.3 is 0 Å². The second-order valence-corrected chi connectivity index (χ2v) is 21.5. The van der Waals surface area contributed by atoms with Crippen LogP contribution in [-0.4, -0.2) is 34.9 Å². The molecule has 4 heteroatoms. The number of hydrogen-bond donors (Lipinski definition) is 3. The van der Waals surface area contributed by atoms with Gasteiger partial charge in [-0.3, -0.25) is 4.79 Å². The van der Waals surface area contributed by atoms with Crippen molar-refractivity contribution in [2.75, 3.05) is 6.61 Å². The number of aliphatic hydroxyl groups excluding tert-OH is 2. The Morgan fingerprint density at radius 1 is 0.343 bits per heavy atom. The summed E-state index contributed by atoms with van der Waals surface area (Å²) in [6, 6.07) is -0.637. The average Bonchev–Trinajstić information content (AvgIpc) is 3.33.